The highest BCUT2D eigenvalue weighted by molar-refractivity contribution is 7.14. The van der Waals surface area contributed by atoms with E-state index in [0.717, 1.165) is 45.6 Å². The summed E-state index contributed by atoms with van der Waals surface area (Å²) in [5.41, 5.74) is 4.83. The molecule has 3 amide bonds. The maximum Gasteiger partial charge on any atom is 0.419 e. The molecule has 5 aromatic rings. The molecule has 3 heterocycles. The summed E-state index contributed by atoms with van der Waals surface area (Å²) < 4.78 is 29.7. The van der Waals surface area contributed by atoms with Gasteiger partial charge in [-0.05, 0) is 73.6 Å². The first-order valence-corrected chi connectivity index (χ1v) is 21.4. The minimum Gasteiger partial charge on any atom is -0.465 e. The highest BCUT2D eigenvalue weighted by Gasteiger charge is 2.36. The Balaban J connectivity index is 1.10. The topological polar surface area (TPSA) is 185 Å². The lowest BCUT2D eigenvalue weighted by molar-refractivity contribution is -0.127. The Bertz CT molecular complexity index is 2730. The summed E-state index contributed by atoms with van der Waals surface area (Å²) in [6.45, 7) is 5.17. The molecular weight excluding hydrogens is 839 g/mol. The molecule has 8 rings (SSSR count). The minimum atomic E-state index is -1.60. The predicted octanol–water partition coefficient (Wildman–Crippen LogP) is 8.25. The number of alkyl carbamates (subject to hydrolysis) is 1. The van der Waals surface area contributed by atoms with Gasteiger partial charge in [0, 0.05) is 28.8 Å². The lowest BCUT2D eigenvalue weighted by Crippen LogP contribution is -2.54. The Morgan fingerprint density at radius 1 is 0.922 bits per heavy atom. The number of thiazole rings is 1. The zero-order valence-electron chi connectivity index (χ0n) is 35.4. The quantitative estimate of drug-likeness (QED) is 0.0810. The normalized spacial score (nSPS) is 15.2. The largest absolute Gasteiger partial charge is 0.465 e. The zero-order valence-corrected chi connectivity index (χ0v) is 36.2. The summed E-state index contributed by atoms with van der Waals surface area (Å²) in [5, 5.41) is 10.3. The third-order valence-corrected chi connectivity index (χ3v) is 11.4. The van der Waals surface area contributed by atoms with Crippen molar-refractivity contribution >= 4 is 57.3 Å². The lowest BCUT2D eigenvalue weighted by atomic mass is 9.98. The van der Waals surface area contributed by atoms with E-state index in [4.69, 9.17) is 23.7 Å². The van der Waals surface area contributed by atoms with E-state index in [0.29, 0.717) is 28.8 Å². The number of anilines is 1. The van der Waals surface area contributed by atoms with Gasteiger partial charge in [0.05, 0.1) is 12.6 Å². The molecule has 3 N–H and O–H groups in total. The van der Waals surface area contributed by atoms with Gasteiger partial charge in [-0.15, -0.1) is 11.3 Å². The second-order valence-corrected chi connectivity index (χ2v) is 17.0. The van der Waals surface area contributed by atoms with Crippen molar-refractivity contribution in [3.05, 3.63) is 155 Å². The number of para-hydroxylation sites is 1. The average molecular weight is 884 g/mol. The van der Waals surface area contributed by atoms with Gasteiger partial charge in [0.25, 0.3) is 5.91 Å². The molecule has 0 radical (unpaired) electrons. The van der Waals surface area contributed by atoms with Crippen molar-refractivity contribution in [1.82, 2.24) is 20.2 Å². The van der Waals surface area contributed by atoms with Crippen molar-refractivity contribution in [2.45, 2.75) is 63.6 Å². The fraction of sp³-hybridized carbons (Fsp3) is 0.250. The first-order chi connectivity index (χ1) is 30.9. The van der Waals surface area contributed by atoms with E-state index < -0.39 is 47.7 Å². The van der Waals surface area contributed by atoms with Gasteiger partial charge >= 0.3 is 18.2 Å². The van der Waals surface area contributed by atoms with Crippen LogP contribution < -0.4 is 16.0 Å². The number of fused-ring (bicyclic) bond motifs is 4. The Kier molecular flexibility index (Phi) is 12.5. The van der Waals surface area contributed by atoms with Crippen molar-refractivity contribution in [2.75, 3.05) is 19.0 Å². The van der Waals surface area contributed by atoms with Crippen LogP contribution in [-0.2, 0) is 39.7 Å². The number of benzene rings is 3. The Morgan fingerprint density at radius 3 is 2.34 bits per heavy atom. The summed E-state index contributed by atoms with van der Waals surface area (Å²) in [6, 6.07) is 21.6. The molecule has 2 aliphatic carbocycles. The Morgan fingerprint density at radius 2 is 1.64 bits per heavy atom. The van der Waals surface area contributed by atoms with Crippen LogP contribution in [0.2, 0.25) is 0 Å². The monoisotopic (exact) mass is 883 g/mol. The molecule has 15 nitrogen and oxygen atoms in total. The molecule has 1 unspecified atom stereocenters. The van der Waals surface area contributed by atoms with E-state index in [1.54, 1.807) is 51.1 Å². The number of carbonyl (C=O) groups excluding carboxylic acids is 5. The van der Waals surface area contributed by atoms with Gasteiger partial charge in [0.1, 0.15) is 30.8 Å². The first-order valence-electron chi connectivity index (χ1n) is 20.6. The number of nitrogens with zero attached hydrogens (tertiary/aromatic N) is 2. The highest BCUT2D eigenvalue weighted by atomic mass is 32.1. The van der Waals surface area contributed by atoms with Gasteiger partial charge in [-0.2, -0.15) is 0 Å². The van der Waals surface area contributed by atoms with Crippen LogP contribution in [0.5, 0.6) is 0 Å². The molecule has 2 aromatic heterocycles. The molecule has 3 aliphatic rings. The van der Waals surface area contributed by atoms with E-state index in [1.165, 1.54) is 29.6 Å². The van der Waals surface area contributed by atoms with Crippen LogP contribution in [0, 0.1) is 0 Å². The van der Waals surface area contributed by atoms with E-state index in [9.17, 15) is 24.0 Å². The van der Waals surface area contributed by atoms with Gasteiger partial charge in [0.15, 0.2) is 28.4 Å². The molecule has 64 heavy (non-hydrogen) atoms. The number of rotatable bonds is 12. The molecule has 2 atom stereocenters. The molecule has 16 heteroatoms. The van der Waals surface area contributed by atoms with Crippen molar-refractivity contribution in [3.8, 4) is 11.1 Å². The van der Waals surface area contributed by atoms with E-state index >= 15 is 0 Å². The summed E-state index contributed by atoms with van der Waals surface area (Å²) in [6.07, 6.45) is 7.86. The number of methoxy groups -OCH3 is 1. The lowest BCUT2D eigenvalue weighted by Gasteiger charge is -2.27. The number of hydrogen-bond donors (Lipinski definition) is 3. The summed E-state index contributed by atoms with van der Waals surface area (Å²) in [4.78, 5) is 73.2. The van der Waals surface area contributed by atoms with E-state index in [1.807, 2.05) is 66.8 Å². The SMILES string of the molecule is COC(=O)c1csc(NC(=O)[C@H](Cc2cc3ccccc3n2C(=O)OC(C)(C)C)NC(=O)C(NC(=O)OCC2c3ccccc3-c3ccccc32)C2=COC=C(C3=CC=CCC3)O2)n1. The molecule has 0 bridgehead atoms. The van der Waals surface area contributed by atoms with Crippen LogP contribution in [0.15, 0.2) is 132 Å². The van der Waals surface area contributed by atoms with E-state index in [-0.39, 0.29) is 35.5 Å². The number of carbonyl (C=O) groups is 5. The molecule has 0 saturated carbocycles. The molecule has 3 aromatic carbocycles. The third-order valence-electron chi connectivity index (χ3n) is 10.6. The molecule has 0 spiro atoms. The van der Waals surface area contributed by atoms with Crippen LogP contribution in [0.1, 0.15) is 66.8 Å². The molecule has 0 saturated heterocycles. The third kappa shape index (κ3) is 9.46. The van der Waals surface area contributed by atoms with Gasteiger partial charge in [-0.25, -0.2) is 23.9 Å². The fourth-order valence-corrected chi connectivity index (χ4v) is 8.40. The standard InChI is InChI=1S/C48H45N5O10S/c1-48(2,3)63-47(58)53-30(22-29-16-8-13-21-38(29)53)23-36(42(54)52-45-50-37(27-64-45)44(56)59-4)49-43(55)41(40-26-60-25-39(62-40)28-14-6-5-7-15-28)51-46(57)61-24-35-33-19-11-9-17-31(33)32-18-10-12-20-34(32)35/h5-6,8-14,16-22,25-27,35-36,41H,7,15,23-24H2,1-4H3,(H,49,55)(H,51,57)(H,50,52,54)/t36-,41?/m0/s1. The number of nitrogens with one attached hydrogen (secondary N) is 3. The fourth-order valence-electron chi connectivity index (χ4n) is 7.72. The summed E-state index contributed by atoms with van der Waals surface area (Å²) in [5.74, 6) is -2.37. The number of allylic oxidation sites excluding steroid dienone is 4. The van der Waals surface area contributed by atoms with Crippen LogP contribution >= 0.6 is 11.3 Å². The summed E-state index contributed by atoms with van der Waals surface area (Å²) in [7, 11) is 1.21. The maximum atomic E-state index is 14.8. The number of aromatic nitrogens is 2. The molecule has 1 aliphatic heterocycles. The highest BCUT2D eigenvalue weighted by Crippen LogP contribution is 2.44. The van der Waals surface area contributed by atoms with Crippen molar-refractivity contribution in [1.29, 1.82) is 0 Å². The van der Waals surface area contributed by atoms with Gasteiger partial charge in [-0.3, -0.25) is 9.59 Å². The molecule has 0 fully saturated rings. The van der Waals surface area contributed by atoms with Crippen LogP contribution in [0.3, 0.4) is 0 Å². The number of esters is 1. The van der Waals surface area contributed by atoms with Crippen molar-refractivity contribution in [3.63, 3.8) is 0 Å². The van der Waals surface area contributed by atoms with E-state index in [2.05, 4.69) is 20.9 Å². The van der Waals surface area contributed by atoms with Crippen molar-refractivity contribution in [2.24, 2.45) is 0 Å². The van der Waals surface area contributed by atoms with Crippen LogP contribution in [-0.4, -0.2) is 70.9 Å². The Hall–Kier alpha value is -7.46. The van der Waals surface area contributed by atoms with Crippen LogP contribution in [0.4, 0.5) is 14.7 Å². The van der Waals surface area contributed by atoms with Crippen molar-refractivity contribution < 1.29 is 47.7 Å². The number of amides is 3. The average Bonchev–Trinajstić information content (AvgIpc) is 4.01. The van der Waals surface area contributed by atoms with Gasteiger partial charge in [-0.1, -0.05) is 85.0 Å². The smallest absolute Gasteiger partial charge is 0.419 e. The summed E-state index contributed by atoms with van der Waals surface area (Å²) >= 11 is 0.969. The second-order valence-electron chi connectivity index (χ2n) is 16.1. The molecular formula is C48H45N5O10S. The molecule has 328 valence electrons. The van der Waals surface area contributed by atoms with Gasteiger partial charge < -0.3 is 39.6 Å². The second kappa shape index (κ2) is 18.5. The predicted molar refractivity (Wildman–Crippen MR) is 238 cm³/mol. The van der Waals surface area contributed by atoms with Gasteiger partial charge in [0.2, 0.25) is 5.91 Å². The minimum absolute atomic E-state index is 0.0328. The number of hydrogen-bond acceptors (Lipinski definition) is 12. The van der Waals surface area contributed by atoms with Crippen LogP contribution in [0.25, 0.3) is 22.0 Å². The maximum absolute atomic E-state index is 14.8. The Labute approximate surface area is 372 Å². The first kappa shape index (κ1) is 43.2. The zero-order chi connectivity index (χ0) is 45.0. The number of ether oxygens (including phenoxy) is 5.